The van der Waals surface area contributed by atoms with Crippen LogP contribution in [0.25, 0.3) is 0 Å². The standard InChI is InChI=1S/C22H28N2O9S/c1-11-7-6-8-16(9-11)23-22(34)24-21-20(32-15(5)28)19(31-14(4)27)18(30-13(3)26)17(33-21)10-29-12(2)25/h6-9,17-21H,10H2,1-5H3,(H2,23,24,34)/t17-,18+,19+,20+,21+/m0/s1. The van der Waals surface area contributed by atoms with Crippen molar-refractivity contribution in [1.82, 2.24) is 5.32 Å². The molecule has 5 atom stereocenters. The number of hydrogen-bond acceptors (Lipinski definition) is 10. The first kappa shape index (κ1) is 27.0. The van der Waals surface area contributed by atoms with Crippen molar-refractivity contribution in [3.8, 4) is 0 Å². The summed E-state index contributed by atoms with van der Waals surface area (Å²) in [6.45, 7) is 6.26. The average Bonchev–Trinajstić information content (AvgIpc) is 2.70. The molecule has 0 aromatic heterocycles. The minimum atomic E-state index is -1.28. The van der Waals surface area contributed by atoms with E-state index >= 15 is 0 Å². The Morgan fingerprint density at radius 3 is 2.06 bits per heavy atom. The monoisotopic (exact) mass is 496 g/mol. The third-order valence-corrected chi connectivity index (χ3v) is 4.76. The molecule has 0 aliphatic carbocycles. The first-order valence-electron chi connectivity index (χ1n) is 10.4. The van der Waals surface area contributed by atoms with Crippen LogP contribution < -0.4 is 10.6 Å². The molecule has 1 heterocycles. The molecule has 2 rings (SSSR count). The quantitative estimate of drug-likeness (QED) is 0.320. The molecule has 0 saturated carbocycles. The zero-order chi connectivity index (χ0) is 25.4. The summed E-state index contributed by atoms with van der Waals surface area (Å²) in [6.07, 6.45) is -5.98. The number of rotatable bonds is 7. The highest BCUT2D eigenvalue weighted by atomic mass is 32.1. The van der Waals surface area contributed by atoms with Gasteiger partial charge in [-0.25, -0.2) is 0 Å². The van der Waals surface area contributed by atoms with E-state index in [1.54, 1.807) is 6.07 Å². The van der Waals surface area contributed by atoms with E-state index in [4.69, 9.17) is 35.9 Å². The Kier molecular flexibility index (Phi) is 9.75. The van der Waals surface area contributed by atoms with Crippen molar-refractivity contribution in [2.75, 3.05) is 11.9 Å². The third kappa shape index (κ3) is 8.27. The van der Waals surface area contributed by atoms with Crippen molar-refractivity contribution in [3.05, 3.63) is 29.8 Å². The van der Waals surface area contributed by atoms with E-state index < -0.39 is 54.5 Å². The minimum Gasteiger partial charge on any atom is -0.463 e. The molecule has 1 saturated heterocycles. The van der Waals surface area contributed by atoms with Crippen LogP contribution in [0.1, 0.15) is 33.3 Å². The molecule has 0 bridgehead atoms. The van der Waals surface area contributed by atoms with Crippen LogP contribution in [0.5, 0.6) is 0 Å². The van der Waals surface area contributed by atoms with Gasteiger partial charge in [0, 0.05) is 33.4 Å². The van der Waals surface area contributed by atoms with Crippen LogP contribution in [0, 0.1) is 6.92 Å². The van der Waals surface area contributed by atoms with Gasteiger partial charge in [-0.2, -0.15) is 0 Å². The highest BCUT2D eigenvalue weighted by Gasteiger charge is 2.52. The number of carbonyl (C=O) groups excluding carboxylic acids is 4. The molecule has 12 heteroatoms. The second-order valence-electron chi connectivity index (χ2n) is 7.59. The number of hydrogen-bond donors (Lipinski definition) is 2. The van der Waals surface area contributed by atoms with Crippen molar-refractivity contribution >= 4 is 46.9 Å². The fraction of sp³-hybridized carbons (Fsp3) is 0.500. The average molecular weight is 497 g/mol. The van der Waals surface area contributed by atoms with E-state index in [2.05, 4.69) is 10.6 Å². The van der Waals surface area contributed by atoms with E-state index in [1.807, 2.05) is 25.1 Å². The van der Waals surface area contributed by atoms with Crippen molar-refractivity contribution in [3.63, 3.8) is 0 Å². The van der Waals surface area contributed by atoms with Gasteiger partial charge in [0.25, 0.3) is 0 Å². The summed E-state index contributed by atoms with van der Waals surface area (Å²) in [5, 5.41) is 5.99. The number of nitrogens with one attached hydrogen (secondary N) is 2. The lowest BCUT2D eigenvalue weighted by Crippen LogP contribution is -2.66. The number of thiocarbonyl (C=S) groups is 1. The van der Waals surface area contributed by atoms with Gasteiger partial charge in [0.1, 0.15) is 12.7 Å². The van der Waals surface area contributed by atoms with Crippen LogP contribution in [-0.2, 0) is 42.9 Å². The molecule has 11 nitrogen and oxygen atoms in total. The number of benzene rings is 1. The molecular formula is C22H28N2O9S. The highest BCUT2D eigenvalue weighted by Crippen LogP contribution is 2.28. The SMILES string of the molecule is CC(=O)OC[C@@H]1O[C@@H](NC(=S)Nc2cccc(C)c2)[C@H](OC(C)=O)[C@H](OC(C)=O)[C@@H]1OC(C)=O. The van der Waals surface area contributed by atoms with Crippen LogP contribution >= 0.6 is 12.2 Å². The fourth-order valence-corrected chi connectivity index (χ4v) is 3.60. The van der Waals surface area contributed by atoms with Gasteiger partial charge >= 0.3 is 23.9 Å². The first-order valence-corrected chi connectivity index (χ1v) is 10.8. The maximum Gasteiger partial charge on any atom is 0.303 e. The maximum atomic E-state index is 11.9. The predicted molar refractivity (Wildman–Crippen MR) is 122 cm³/mol. The Hall–Kier alpha value is -3.25. The summed E-state index contributed by atoms with van der Waals surface area (Å²) < 4.78 is 27.1. The largest absolute Gasteiger partial charge is 0.463 e. The smallest absolute Gasteiger partial charge is 0.303 e. The topological polar surface area (TPSA) is 138 Å². The molecule has 186 valence electrons. The molecule has 0 amide bonds. The third-order valence-electron chi connectivity index (χ3n) is 4.54. The Balaban J connectivity index is 2.36. The molecule has 0 radical (unpaired) electrons. The second-order valence-corrected chi connectivity index (χ2v) is 8.00. The number of ether oxygens (including phenoxy) is 5. The Morgan fingerprint density at radius 2 is 1.50 bits per heavy atom. The molecular weight excluding hydrogens is 468 g/mol. The Bertz CT molecular complexity index is 939. The van der Waals surface area contributed by atoms with Gasteiger partial charge < -0.3 is 34.3 Å². The van der Waals surface area contributed by atoms with Crippen LogP contribution in [0.4, 0.5) is 5.69 Å². The van der Waals surface area contributed by atoms with Crippen molar-refractivity contribution in [2.45, 2.75) is 65.3 Å². The summed E-state index contributed by atoms with van der Waals surface area (Å²) in [4.78, 5) is 46.9. The van der Waals surface area contributed by atoms with Gasteiger partial charge in [-0.05, 0) is 36.8 Å². The normalized spacial score (nSPS) is 23.7. The minimum absolute atomic E-state index is 0.117. The van der Waals surface area contributed by atoms with Gasteiger partial charge in [-0.1, -0.05) is 12.1 Å². The lowest BCUT2D eigenvalue weighted by Gasteiger charge is -2.44. The summed E-state index contributed by atoms with van der Waals surface area (Å²) in [6, 6.07) is 7.42. The molecule has 1 fully saturated rings. The molecule has 1 aromatic rings. The molecule has 1 aliphatic rings. The number of aryl methyl sites for hydroxylation is 1. The van der Waals surface area contributed by atoms with Crippen molar-refractivity contribution in [2.24, 2.45) is 0 Å². The molecule has 0 spiro atoms. The van der Waals surface area contributed by atoms with E-state index in [1.165, 1.54) is 6.92 Å². The Labute approximate surface area is 202 Å². The molecule has 34 heavy (non-hydrogen) atoms. The van der Waals surface area contributed by atoms with Crippen LogP contribution in [0.15, 0.2) is 24.3 Å². The van der Waals surface area contributed by atoms with Crippen LogP contribution in [-0.4, -0.2) is 66.2 Å². The van der Waals surface area contributed by atoms with Gasteiger partial charge in [0.15, 0.2) is 29.7 Å². The fourth-order valence-electron chi connectivity index (χ4n) is 3.36. The zero-order valence-corrected chi connectivity index (χ0v) is 20.3. The van der Waals surface area contributed by atoms with E-state index in [9.17, 15) is 19.2 Å². The molecule has 1 aromatic carbocycles. The molecule has 2 N–H and O–H groups in total. The van der Waals surface area contributed by atoms with Crippen LogP contribution in [0.2, 0.25) is 0 Å². The van der Waals surface area contributed by atoms with Gasteiger partial charge in [-0.15, -0.1) is 0 Å². The van der Waals surface area contributed by atoms with E-state index in [-0.39, 0.29) is 11.7 Å². The van der Waals surface area contributed by atoms with Gasteiger partial charge in [0.05, 0.1) is 0 Å². The highest BCUT2D eigenvalue weighted by molar-refractivity contribution is 7.80. The second kappa shape index (κ2) is 12.3. The lowest BCUT2D eigenvalue weighted by atomic mass is 9.97. The van der Waals surface area contributed by atoms with Crippen molar-refractivity contribution < 1.29 is 42.9 Å². The van der Waals surface area contributed by atoms with E-state index in [0.29, 0.717) is 5.69 Å². The van der Waals surface area contributed by atoms with Gasteiger partial charge in [-0.3, -0.25) is 19.2 Å². The predicted octanol–water partition coefficient (Wildman–Crippen LogP) is 1.36. The summed E-state index contributed by atoms with van der Waals surface area (Å²) in [7, 11) is 0. The van der Waals surface area contributed by atoms with E-state index in [0.717, 1.165) is 26.3 Å². The molecule has 0 unspecified atom stereocenters. The zero-order valence-electron chi connectivity index (χ0n) is 19.5. The molecule has 1 aliphatic heterocycles. The summed E-state index contributed by atoms with van der Waals surface area (Å²) >= 11 is 5.38. The summed E-state index contributed by atoms with van der Waals surface area (Å²) in [5.74, 6) is -2.72. The lowest BCUT2D eigenvalue weighted by molar-refractivity contribution is -0.254. The number of esters is 4. The number of anilines is 1. The maximum absolute atomic E-state index is 11.9. The van der Waals surface area contributed by atoms with Crippen LogP contribution in [0.3, 0.4) is 0 Å². The first-order chi connectivity index (χ1) is 16.0. The number of carbonyl (C=O) groups is 4. The summed E-state index contributed by atoms with van der Waals surface area (Å²) in [5.41, 5.74) is 1.70. The van der Waals surface area contributed by atoms with Gasteiger partial charge in [0.2, 0.25) is 0 Å². The Morgan fingerprint density at radius 1 is 0.912 bits per heavy atom. The van der Waals surface area contributed by atoms with Crippen molar-refractivity contribution in [1.29, 1.82) is 0 Å².